The fraction of sp³-hybridized carbons (Fsp3) is 0.700. The van der Waals surface area contributed by atoms with Crippen LogP contribution in [0.2, 0.25) is 0 Å². The minimum atomic E-state index is -0.596. The quantitative estimate of drug-likeness (QED) is 0.340. The smallest absolute Gasteiger partial charge is 0.337 e. The molecule has 0 aromatic rings. The second kappa shape index (κ2) is 10.4. The van der Waals surface area contributed by atoms with Crippen molar-refractivity contribution < 1.29 is 23.8 Å². The zero-order valence-electron chi connectivity index (χ0n) is 16.4. The van der Waals surface area contributed by atoms with Crippen LogP contribution in [0, 0.1) is 11.8 Å². The van der Waals surface area contributed by atoms with Crippen LogP contribution >= 0.6 is 0 Å². The summed E-state index contributed by atoms with van der Waals surface area (Å²) in [6.45, 7) is 8.60. The Bertz CT molecular complexity index is 532. The van der Waals surface area contributed by atoms with Gasteiger partial charge in [-0.15, -0.1) is 0 Å². The highest BCUT2D eigenvalue weighted by molar-refractivity contribution is 5.95. The molecule has 1 saturated heterocycles. The molecule has 1 aliphatic heterocycles. The third-order valence-corrected chi connectivity index (χ3v) is 4.56. The molecular weight excluding hydrogens is 320 g/mol. The SMILES string of the molecule is CCCCC(C)C/C(C)=C/C(C)=C(/C(=O)OC)C1OC(=O)C1COC. The van der Waals surface area contributed by atoms with Crippen LogP contribution in [-0.2, 0) is 23.8 Å². The first kappa shape index (κ1) is 21.4. The second-order valence-corrected chi connectivity index (χ2v) is 6.95. The third-order valence-electron chi connectivity index (χ3n) is 4.56. The van der Waals surface area contributed by atoms with E-state index in [2.05, 4.69) is 20.8 Å². The summed E-state index contributed by atoms with van der Waals surface area (Å²) in [6.07, 6.45) is 6.02. The Kier molecular flexibility index (Phi) is 8.90. The van der Waals surface area contributed by atoms with E-state index in [4.69, 9.17) is 14.2 Å². The van der Waals surface area contributed by atoms with Crippen LogP contribution in [0.15, 0.2) is 22.8 Å². The molecule has 25 heavy (non-hydrogen) atoms. The van der Waals surface area contributed by atoms with E-state index in [-0.39, 0.29) is 12.6 Å². The summed E-state index contributed by atoms with van der Waals surface area (Å²) in [5, 5.41) is 0. The van der Waals surface area contributed by atoms with Crippen LogP contribution in [0.3, 0.4) is 0 Å². The lowest BCUT2D eigenvalue weighted by Crippen LogP contribution is -2.50. The molecule has 3 unspecified atom stereocenters. The Balaban J connectivity index is 2.97. The van der Waals surface area contributed by atoms with Gasteiger partial charge in [-0.1, -0.05) is 44.8 Å². The number of hydrogen-bond acceptors (Lipinski definition) is 5. The van der Waals surface area contributed by atoms with Gasteiger partial charge in [-0.05, 0) is 31.8 Å². The van der Waals surface area contributed by atoms with E-state index < -0.39 is 18.0 Å². The summed E-state index contributed by atoms with van der Waals surface area (Å²) in [6, 6.07) is 0. The van der Waals surface area contributed by atoms with Crippen LogP contribution in [0.1, 0.15) is 53.4 Å². The standard InChI is InChI=1S/C20H32O5/c1-7-8-9-13(2)10-14(3)11-15(4)17(20(22)24-6)18-16(12-23-5)19(21)25-18/h11,13,16,18H,7-10,12H2,1-6H3/b14-11+,17-15+. The first-order chi connectivity index (χ1) is 11.8. The molecule has 0 N–H and O–H groups in total. The van der Waals surface area contributed by atoms with Gasteiger partial charge in [-0.25, -0.2) is 4.79 Å². The maximum absolute atomic E-state index is 12.2. The average Bonchev–Trinajstić information content (AvgIpc) is 2.56. The lowest BCUT2D eigenvalue weighted by molar-refractivity contribution is -0.185. The van der Waals surface area contributed by atoms with Gasteiger partial charge in [0.1, 0.15) is 12.0 Å². The first-order valence-electron chi connectivity index (χ1n) is 9.01. The molecule has 0 aliphatic carbocycles. The van der Waals surface area contributed by atoms with Gasteiger partial charge in [0, 0.05) is 7.11 Å². The number of cyclic esters (lactones) is 1. The van der Waals surface area contributed by atoms with Crippen molar-refractivity contribution in [1.29, 1.82) is 0 Å². The van der Waals surface area contributed by atoms with Gasteiger partial charge in [-0.2, -0.15) is 0 Å². The molecule has 1 rings (SSSR count). The minimum absolute atomic E-state index is 0.230. The van der Waals surface area contributed by atoms with Crippen LogP contribution in [-0.4, -0.2) is 38.9 Å². The molecule has 0 aromatic carbocycles. The molecule has 5 heteroatoms. The highest BCUT2D eigenvalue weighted by Crippen LogP contribution is 2.32. The Labute approximate surface area is 151 Å². The molecule has 0 spiro atoms. The van der Waals surface area contributed by atoms with Crippen molar-refractivity contribution in [3.8, 4) is 0 Å². The number of unbranched alkanes of at least 4 members (excludes halogenated alkanes) is 1. The number of allylic oxidation sites excluding steroid dienone is 3. The second-order valence-electron chi connectivity index (χ2n) is 6.95. The van der Waals surface area contributed by atoms with E-state index in [1.54, 1.807) is 0 Å². The number of methoxy groups -OCH3 is 2. The summed E-state index contributed by atoms with van der Waals surface area (Å²) in [7, 11) is 2.86. The summed E-state index contributed by atoms with van der Waals surface area (Å²) in [5.74, 6) is -0.645. The van der Waals surface area contributed by atoms with E-state index in [1.807, 2.05) is 13.0 Å². The van der Waals surface area contributed by atoms with E-state index in [1.165, 1.54) is 39.1 Å². The zero-order valence-corrected chi connectivity index (χ0v) is 16.4. The molecule has 1 heterocycles. The fourth-order valence-corrected chi connectivity index (χ4v) is 3.26. The Morgan fingerprint density at radius 1 is 1.32 bits per heavy atom. The monoisotopic (exact) mass is 352 g/mol. The molecule has 1 fully saturated rings. The molecular formula is C20H32O5. The van der Waals surface area contributed by atoms with Crippen LogP contribution < -0.4 is 0 Å². The Hall–Kier alpha value is -1.62. The minimum Gasteiger partial charge on any atom is -0.466 e. The lowest BCUT2D eigenvalue weighted by Gasteiger charge is -2.35. The normalized spacial score (nSPS) is 22.6. The number of hydrogen-bond donors (Lipinski definition) is 0. The topological polar surface area (TPSA) is 61.8 Å². The first-order valence-corrected chi connectivity index (χ1v) is 9.01. The molecule has 1 aliphatic rings. The van der Waals surface area contributed by atoms with Crippen LogP contribution in [0.5, 0.6) is 0 Å². The van der Waals surface area contributed by atoms with E-state index in [9.17, 15) is 9.59 Å². The summed E-state index contributed by atoms with van der Waals surface area (Å²) in [4.78, 5) is 23.9. The predicted octanol–water partition coefficient (Wildman–Crippen LogP) is 3.83. The lowest BCUT2D eigenvalue weighted by atomic mass is 9.87. The van der Waals surface area contributed by atoms with Gasteiger partial charge in [-0.3, -0.25) is 4.79 Å². The van der Waals surface area contributed by atoms with Crippen molar-refractivity contribution in [2.45, 2.75) is 59.5 Å². The van der Waals surface area contributed by atoms with Crippen molar-refractivity contribution >= 4 is 11.9 Å². The maximum Gasteiger partial charge on any atom is 0.337 e. The number of ether oxygens (including phenoxy) is 3. The number of carbonyl (C=O) groups excluding carboxylic acids is 2. The van der Waals surface area contributed by atoms with Crippen molar-refractivity contribution in [2.24, 2.45) is 11.8 Å². The van der Waals surface area contributed by atoms with Gasteiger partial charge in [0.05, 0.1) is 19.3 Å². The van der Waals surface area contributed by atoms with Crippen molar-refractivity contribution in [1.82, 2.24) is 0 Å². The van der Waals surface area contributed by atoms with Gasteiger partial charge < -0.3 is 14.2 Å². The third kappa shape index (κ3) is 5.99. The number of esters is 2. The van der Waals surface area contributed by atoms with Gasteiger partial charge in [0.15, 0.2) is 0 Å². The van der Waals surface area contributed by atoms with E-state index in [0.29, 0.717) is 11.5 Å². The van der Waals surface area contributed by atoms with E-state index in [0.717, 1.165) is 12.0 Å². The van der Waals surface area contributed by atoms with Gasteiger partial charge >= 0.3 is 11.9 Å². The summed E-state index contributed by atoms with van der Waals surface area (Å²) >= 11 is 0. The largest absolute Gasteiger partial charge is 0.466 e. The Morgan fingerprint density at radius 2 is 2.00 bits per heavy atom. The average molecular weight is 352 g/mol. The summed E-state index contributed by atoms with van der Waals surface area (Å²) in [5.41, 5.74) is 2.40. The molecule has 0 aromatic heterocycles. The molecule has 0 amide bonds. The maximum atomic E-state index is 12.2. The fourth-order valence-electron chi connectivity index (χ4n) is 3.26. The molecule has 142 valence electrons. The van der Waals surface area contributed by atoms with Gasteiger partial charge in [0.2, 0.25) is 0 Å². The van der Waals surface area contributed by atoms with Gasteiger partial charge in [0.25, 0.3) is 0 Å². The molecule has 3 atom stereocenters. The number of carbonyl (C=O) groups is 2. The zero-order chi connectivity index (χ0) is 19.0. The predicted molar refractivity (Wildman–Crippen MR) is 97.0 cm³/mol. The van der Waals surface area contributed by atoms with Crippen molar-refractivity contribution in [2.75, 3.05) is 20.8 Å². The highest BCUT2D eigenvalue weighted by Gasteiger charge is 2.47. The molecule has 0 bridgehead atoms. The van der Waals surface area contributed by atoms with Crippen molar-refractivity contribution in [3.05, 3.63) is 22.8 Å². The highest BCUT2D eigenvalue weighted by atomic mass is 16.6. The molecule has 5 nitrogen and oxygen atoms in total. The number of rotatable bonds is 10. The van der Waals surface area contributed by atoms with Crippen LogP contribution in [0.25, 0.3) is 0 Å². The molecule has 0 saturated carbocycles. The Morgan fingerprint density at radius 3 is 2.52 bits per heavy atom. The van der Waals surface area contributed by atoms with Crippen molar-refractivity contribution in [3.63, 3.8) is 0 Å². The molecule has 0 radical (unpaired) electrons. The van der Waals surface area contributed by atoms with E-state index >= 15 is 0 Å². The van der Waals surface area contributed by atoms with Crippen LogP contribution in [0.4, 0.5) is 0 Å². The summed E-state index contributed by atoms with van der Waals surface area (Å²) < 4.78 is 15.2.